The number of anilines is 1. The molecular weight excluding hydrogens is 304 g/mol. The van der Waals surface area contributed by atoms with Crippen molar-refractivity contribution < 1.29 is 14.6 Å². The molecular formula is C16H14ClN2O3-. The summed E-state index contributed by atoms with van der Waals surface area (Å²) >= 11 is 5.79. The van der Waals surface area contributed by atoms with Gasteiger partial charge in [0.25, 0.3) is 0 Å². The normalized spacial score (nSPS) is 11.1. The van der Waals surface area contributed by atoms with E-state index < -0.39 is 5.97 Å². The van der Waals surface area contributed by atoms with Crippen LogP contribution in [0.5, 0.6) is 5.75 Å². The number of carbonyl (C=O) groups is 1. The largest absolute Gasteiger partial charge is 0.545 e. The summed E-state index contributed by atoms with van der Waals surface area (Å²) in [5.41, 5.74) is 4.75. The van der Waals surface area contributed by atoms with E-state index in [1.165, 1.54) is 12.1 Å². The Balaban J connectivity index is 2.24. The highest BCUT2D eigenvalue weighted by Gasteiger charge is 2.06. The van der Waals surface area contributed by atoms with Crippen molar-refractivity contribution in [2.45, 2.75) is 6.92 Å². The van der Waals surface area contributed by atoms with E-state index in [4.69, 9.17) is 16.3 Å². The van der Waals surface area contributed by atoms with Crippen LogP contribution in [-0.2, 0) is 0 Å². The molecule has 0 aliphatic heterocycles. The molecule has 2 rings (SSSR count). The highest BCUT2D eigenvalue weighted by molar-refractivity contribution is 6.33. The predicted molar refractivity (Wildman–Crippen MR) is 84.6 cm³/mol. The maximum atomic E-state index is 10.9. The Morgan fingerprint density at radius 1 is 1.23 bits per heavy atom. The summed E-state index contributed by atoms with van der Waals surface area (Å²) in [7, 11) is 1.59. The summed E-state index contributed by atoms with van der Waals surface area (Å²) in [6.45, 7) is 1.82. The van der Waals surface area contributed by atoms with Crippen molar-refractivity contribution in [3.8, 4) is 5.75 Å². The molecule has 2 aromatic carbocycles. The molecule has 22 heavy (non-hydrogen) atoms. The van der Waals surface area contributed by atoms with E-state index in [1.54, 1.807) is 13.2 Å². The number of rotatable bonds is 5. The van der Waals surface area contributed by atoms with Crippen LogP contribution in [0.3, 0.4) is 0 Å². The standard InChI is InChI=1S/C16H15ClN2O3/c1-10(12-5-3-4-6-15(12)22-2)18-19-11-7-8-14(17)13(9-11)16(20)21/h3-9,19H,1-2H3,(H,20,21)/p-1/b18-10-. The van der Waals surface area contributed by atoms with Gasteiger partial charge in [-0.25, -0.2) is 0 Å². The second kappa shape index (κ2) is 6.95. The molecule has 0 heterocycles. The molecule has 0 fully saturated rings. The molecule has 0 atom stereocenters. The number of aromatic carboxylic acids is 1. The van der Waals surface area contributed by atoms with Crippen molar-refractivity contribution in [1.29, 1.82) is 0 Å². The Hall–Kier alpha value is -2.53. The van der Waals surface area contributed by atoms with Crippen molar-refractivity contribution in [1.82, 2.24) is 0 Å². The maximum Gasteiger partial charge on any atom is 0.127 e. The van der Waals surface area contributed by atoms with Crippen LogP contribution in [0.1, 0.15) is 22.8 Å². The monoisotopic (exact) mass is 317 g/mol. The van der Waals surface area contributed by atoms with Gasteiger partial charge in [-0.1, -0.05) is 23.7 Å². The Labute approximate surface area is 133 Å². The van der Waals surface area contributed by atoms with Crippen molar-refractivity contribution in [2.24, 2.45) is 5.10 Å². The van der Waals surface area contributed by atoms with Crippen LogP contribution in [-0.4, -0.2) is 18.8 Å². The number of ether oxygens (including phenoxy) is 1. The first-order chi connectivity index (χ1) is 10.5. The summed E-state index contributed by atoms with van der Waals surface area (Å²) in [6.07, 6.45) is 0. The number of methoxy groups -OCH3 is 1. The van der Waals surface area contributed by atoms with Gasteiger partial charge < -0.3 is 14.6 Å². The van der Waals surface area contributed by atoms with E-state index in [1.807, 2.05) is 31.2 Å². The van der Waals surface area contributed by atoms with Crippen LogP contribution in [0.25, 0.3) is 0 Å². The van der Waals surface area contributed by atoms with Crippen LogP contribution in [0.2, 0.25) is 5.02 Å². The van der Waals surface area contributed by atoms with Crippen LogP contribution < -0.4 is 15.3 Å². The zero-order chi connectivity index (χ0) is 16.1. The molecule has 0 bridgehead atoms. The average Bonchev–Trinajstić information content (AvgIpc) is 2.53. The van der Waals surface area contributed by atoms with Crippen molar-refractivity contribution in [3.05, 3.63) is 58.6 Å². The van der Waals surface area contributed by atoms with Crippen LogP contribution in [0.15, 0.2) is 47.6 Å². The topological polar surface area (TPSA) is 73.8 Å². The molecule has 0 saturated heterocycles. The van der Waals surface area contributed by atoms with Gasteiger partial charge >= 0.3 is 0 Å². The van der Waals surface area contributed by atoms with Gasteiger partial charge in [-0.3, -0.25) is 5.43 Å². The first-order valence-corrected chi connectivity index (χ1v) is 6.85. The zero-order valence-corrected chi connectivity index (χ0v) is 12.8. The molecule has 0 aliphatic carbocycles. The van der Waals surface area contributed by atoms with E-state index in [0.29, 0.717) is 17.1 Å². The van der Waals surface area contributed by atoms with Crippen LogP contribution in [0.4, 0.5) is 5.69 Å². The summed E-state index contributed by atoms with van der Waals surface area (Å²) < 4.78 is 5.27. The second-order valence-corrected chi connectivity index (χ2v) is 4.90. The van der Waals surface area contributed by atoms with Gasteiger partial charge in [-0.2, -0.15) is 5.10 Å². The number of nitrogens with one attached hydrogen (secondary N) is 1. The number of hydrogen-bond donors (Lipinski definition) is 1. The quantitative estimate of drug-likeness (QED) is 0.679. The Bertz CT molecular complexity index is 729. The van der Waals surface area contributed by atoms with Gasteiger partial charge in [0.15, 0.2) is 0 Å². The molecule has 6 heteroatoms. The van der Waals surface area contributed by atoms with E-state index in [-0.39, 0.29) is 10.6 Å². The SMILES string of the molecule is COc1ccccc1/C(C)=N\Nc1ccc(Cl)c(C(=O)[O-])c1. The first-order valence-electron chi connectivity index (χ1n) is 6.47. The summed E-state index contributed by atoms with van der Waals surface area (Å²) in [5, 5.41) is 15.3. The number of halogens is 1. The summed E-state index contributed by atoms with van der Waals surface area (Å²) in [5.74, 6) is -0.629. The molecule has 2 aromatic rings. The number of hydrazone groups is 1. The number of para-hydroxylation sites is 1. The van der Waals surface area contributed by atoms with E-state index in [9.17, 15) is 9.90 Å². The Kier molecular flexibility index (Phi) is 5.01. The number of hydrogen-bond acceptors (Lipinski definition) is 5. The van der Waals surface area contributed by atoms with Gasteiger partial charge in [-0.05, 0) is 37.3 Å². The van der Waals surface area contributed by atoms with Gasteiger partial charge in [0.2, 0.25) is 0 Å². The molecule has 0 aromatic heterocycles. The summed E-state index contributed by atoms with van der Waals surface area (Å²) in [4.78, 5) is 10.9. The fourth-order valence-corrected chi connectivity index (χ4v) is 2.10. The Morgan fingerprint density at radius 3 is 2.64 bits per heavy atom. The molecule has 114 valence electrons. The highest BCUT2D eigenvalue weighted by atomic mass is 35.5. The van der Waals surface area contributed by atoms with Crippen molar-refractivity contribution >= 4 is 29.0 Å². The third-order valence-electron chi connectivity index (χ3n) is 3.04. The van der Waals surface area contributed by atoms with Gasteiger partial charge in [0.05, 0.1) is 24.5 Å². The highest BCUT2D eigenvalue weighted by Crippen LogP contribution is 2.21. The molecule has 5 nitrogen and oxygen atoms in total. The number of nitrogens with zero attached hydrogens (tertiary/aromatic N) is 1. The number of carboxylic acid groups (broad SMARTS) is 1. The molecule has 0 radical (unpaired) electrons. The van der Waals surface area contributed by atoms with E-state index in [2.05, 4.69) is 10.5 Å². The average molecular weight is 318 g/mol. The predicted octanol–water partition coefficient (Wildman–Crippen LogP) is 2.55. The lowest BCUT2D eigenvalue weighted by Gasteiger charge is -2.10. The number of carbonyl (C=O) groups excluding carboxylic acids is 1. The van der Waals surface area contributed by atoms with Crippen LogP contribution >= 0.6 is 11.6 Å². The Morgan fingerprint density at radius 2 is 1.95 bits per heavy atom. The lowest BCUT2D eigenvalue weighted by Crippen LogP contribution is -2.22. The molecule has 1 N–H and O–H groups in total. The number of carboxylic acids is 1. The fraction of sp³-hybridized carbons (Fsp3) is 0.125. The second-order valence-electron chi connectivity index (χ2n) is 4.49. The first kappa shape index (κ1) is 15.9. The minimum absolute atomic E-state index is 0.0863. The molecule has 0 amide bonds. The third-order valence-corrected chi connectivity index (χ3v) is 3.37. The number of benzene rings is 2. The fourth-order valence-electron chi connectivity index (χ4n) is 1.90. The van der Waals surface area contributed by atoms with Gasteiger partial charge in [0, 0.05) is 16.1 Å². The van der Waals surface area contributed by atoms with Crippen molar-refractivity contribution in [2.75, 3.05) is 12.5 Å². The maximum absolute atomic E-state index is 10.9. The molecule has 0 aliphatic rings. The van der Waals surface area contributed by atoms with E-state index >= 15 is 0 Å². The minimum Gasteiger partial charge on any atom is -0.545 e. The lowest BCUT2D eigenvalue weighted by molar-refractivity contribution is -0.255. The minimum atomic E-state index is -1.33. The molecule has 0 saturated carbocycles. The lowest BCUT2D eigenvalue weighted by atomic mass is 10.1. The molecule has 0 unspecified atom stereocenters. The van der Waals surface area contributed by atoms with Crippen LogP contribution in [0, 0.1) is 0 Å². The van der Waals surface area contributed by atoms with Gasteiger partial charge in [-0.15, -0.1) is 0 Å². The van der Waals surface area contributed by atoms with Crippen molar-refractivity contribution in [3.63, 3.8) is 0 Å². The molecule has 0 spiro atoms. The zero-order valence-electron chi connectivity index (χ0n) is 12.1. The smallest absolute Gasteiger partial charge is 0.127 e. The third kappa shape index (κ3) is 3.56. The van der Waals surface area contributed by atoms with Gasteiger partial charge in [0.1, 0.15) is 5.75 Å². The van der Waals surface area contributed by atoms with E-state index in [0.717, 1.165) is 5.56 Å². The summed E-state index contributed by atoms with van der Waals surface area (Å²) in [6, 6.07) is 12.0.